The first-order valence-electron chi connectivity index (χ1n) is 7.51. The third kappa shape index (κ3) is 4.96. The van der Waals surface area contributed by atoms with Crippen LogP contribution in [0.25, 0.3) is 0 Å². The fourth-order valence-electron chi connectivity index (χ4n) is 2.56. The minimum Gasteiger partial charge on any atom is -0.480 e. The molecule has 1 fully saturated rings. The van der Waals surface area contributed by atoms with Crippen LogP contribution >= 0.6 is 23.4 Å². The number of aliphatic carboxylic acids is 1. The molecule has 1 aromatic carbocycles. The lowest BCUT2D eigenvalue weighted by molar-refractivity contribution is -0.159. The predicted octanol–water partition coefficient (Wildman–Crippen LogP) is 1.81. The van der Waals surface area contributed by atoms with Gasteiger partial charge in [-0.2, -0.15) is 0 Å². The minimum absolute atomic E-state index is 0.00597. The molecule has 7 nitrogen and oxygen atoms in total. The second-order valence-electron chi connectivity index (χ2n) is 5.47. The fraction of sp³-hybridized carbons (Fsp3) is 0.375. The number of thioether (sulfide) groups is 1. The van der Waals surface area contributed by atoms with E-state index in [1.165, 1.54) is 6.92 Å². The molecular weight excluding hydrogens is 368 g/mol. The SMILES string of the molecule is CC(=O)SCCC(=O)N1[C@@H](c2ccc(Cl)cc2)NC(=O)C[C@H]1C(=O)O. The van der Waals surface area contributed by atoms with E-state index in [1.54, 1.807) is 24.3 Å². The predicted molar refractivity (Wildman–Crippen MR) is 93.0 cm³/mol. The van der Waals surface area contributed by atoms with Crippen LogP contribution < -0.4 is 5.32 Å². The maximum atomic E-state index is 12.6. The highest BCUT2D eigenvalue weighted by Crippen LogP contribution is 2.28. The van der Waals surface area contributed by atoms with Crippen LogP contribution in [-0.2, 0) is 19.2 Å². The van der Waals surface area contributed by atoms with E-state index in [-0.39, 0.29) is 23.7 Å². The summed E-state index contributed by atoms with van der Waals surface area (Å²) in [4.78, 5) is 48.3. The topological polar surface area (TPSA) is 104 Å². The Hall–Kier alpha value is -2.06. The first-order valence-corrected chi connectivity index (χ1v) is 8.88. The zero-order valence-electron chi connectivity index (χ0n) is 13.4. The van der Waals surface area contributed by atoms with Gasteiger partial charge in [0.25, 0.3) is 0 Å². The lowest BCUT2D eigenvalue weighted by Crippen LogP contribution is -2.58. The molecule has 0 radical (unpaired) electrons. The molecule has 134 valence electrons. The molecule has 9 heteroatoms. The summed E-state index contributed by atoms with van der Waals surface area (Å²) in [5.41, 5.74) is 0.552. The molecule has 2 atom stereocenters. The summed E-state index contributed by atoms with van der Waals surface area (Å²) in [5, 5.41) is 12.5. The molecule has 25 heavy (non-hydrogen) atoms. The molecule has 2 amide bonds. The van der Waals surface area contributed by atoms with Gasteiger partial charge in [-0.25, -0.2) is 4.79 Å². The van der Waals surface area contributed by atoms with Crippen molar-refractivity contribution in [2.24, 2.45) is 0 Å². The Balaban J connectivity index is 2.29. The Kier molecular flexibility index (Phi) is 6.44. The Labute approximate surface area is 153 Å². The molecule has 2 N–H and O–H groups in total. The van der Waals surface area contributed by atoms with Crippen molar-refractivity contribution < 1.29 is 24.3 Å². The lowest BCUT2D eigenvalue weighted by atomic mass is 10.0. The molecule has 2 rings (SSSR count). The van der Waals surface area contributed by atoms with E-state index >= 15 is 0 Å². The average Bonchev–Trinajstić information content (AvgIpc) is 2.54. The van der Waals surface area contributed by atoms with Crippen LogP contribution in [0.15, 0.2) is 24.3 Å². The van der Waals surface area contributed by atoms with E-state index in [4.69, 9.17) is 11.6 Å². The van der Waals surface area contributed by atoms with Gasteiger partial charge in [0.2, 0.25) is 11.8 Å². The molecule has 0 spiro atoms. The number of carboxylic acid groups (broad SMARTS) is 1. The Bertz CT molecular complexity index is 694. The van der Waals surface area contributed by atoms with E-state index in [0.717, 1.165) is 16.7 Å². The van der Waals surface area contributed by atoms with E-state index in [9.17, 15) is 24.3 Å². The summed E-state index contributed by atoms with van der Waals surface area (Å²) >= 11 is 6.85. The van der Waals surface area contributed by atoms with Crippen molar-refractivity contribution >= 4 is 46.3 Å². The van der Waals surface area contributed by atoms with Crippen molar-refractivity contribution in [1.82, 2.24) is 10.2 Å². The molecule has 0 aliphatic carbocycles. The maximum absolute atomic E-state index is 12.6. The van der Waals surface area contributed by atoms with Gasteiger partial charge in [-0.05, 0) is 17.7 Å². The number of hydrogen-bond donors (Lipinski definition) is 2. The second kappa shape index (κ2) is 8.35. The average molecular weight is 385 g/mol. The molecule has 0 saturated carbocycles. The first-order chi connectivity index (χ1) is 11.8. The number of amides is 2. The van der Waals surface area contributed by atoms with Gasteiger partial charge in [0.1, 0.15) is 12.2 Å². The van der Waals surface area contributed by atoms with Crippen LogP contribution in [-0.4, -0.2) is 44.7 Å². The van der Waals surface area contributed by atoms with Gasteiger partial charge in [-0.3, -0.25) is 14.4 Å². The number of nitrogens with one attached hydrogen (secondary N) is 1. The number of carbonyl (C=O) groups excluding carboxylic acids is 3. The smallest absolute Gasteiger partial charge is 0.327 e. The highest BCUT2D eigenvalue weighted by Gasteiger charge is 2.41. The maximum Gasteiger partial charge on any atom is 0.327 e. The first kappa shape index (κ1) is 19.3. The largest absolute Gasteiger partial charge is 0.480 e. The number of carbonyl (C=O) groups is 4. The lowest BCUT2D eigenvalue weighted by Gasteiger charge is -2.40. The summed E-state index contributed by atoms with van der Waals surface area (Å²) in [5.74, 6) is -1.89. The van der Waals surface area contributed by atoms with Crippen LogP contribution in [0.4, 0.5) is 0 Å². The summed E-state index contributed by atoms with van der Waals surface area (Å²) in [6, 6.07) is 5.19. The monoisotopic (exact) mass is 384 g/mol. The van der Waals surface area contributed by atoms with Gasteiger partial charge in [-0.1, -0.05) is 35.5 Å². The number of halogens is 1. The highest BCUT2D eigenvalue weighted by atomic mass is 35.5. The molecule has 0 bridgehead atoms. The van der Waals surface area contributed by atoms with Crippen molar-refractivity contribution in [3.8, 4) is 0 Å². The van der Waals surface area contributed by atoms with Crippen molar-refractivity contribution in [1.29, 1.82) is 0 Å². The minimum atomic E-state index is -1.26. The third-order valence-corrected chi connectivity index (χ3v) is 4.74. The molecule has 1 aliphatic heterocycles. The summed E-state index contributed by atoms with van der Waals surface area (Å²) < 4.78 is 0. The quantitative estimate of drug-likeness (QED) is 0.802. The van der Waals surface area contributed by atoms with Crippen LogP contribution in [0.3, 0.4) is 0 Å². The van der Waals surface area contributed by atoms with Gasteiger partial charge in [-0.15, -0.1) is 0 Å². The van der Waals surface area contributed by atoms with Crippen LogP contribution in [0.5, 0.6) is 0 Å². The van der Waals surface area contributed by atoms with Crippen molar-refractivity contribution in [3.63, 3.8) is 0 Å². The highest BCUT2D eigenvalue weighted by molar-refractivity contribution is 8.13. The van der Waals surface area contributed by atoms with Crippen LogP contribution in [0.2, 0.25) is 5.02 Å². The summed E-state index contributed by atoms with van der Waals surface area (Å²) in [7, 11) is 0. The summed E-state index contributed by atoms with van der Waals surface area (Å²) in [6.07, 6.45) is -1.21. The van der Waals surface area contributed by atoms with Crippen LogP contribution in [0.1, 0.15) is 31.5 Å². The van der Waals surface area contributed by atoms with E-state index in [2.05, 4.69) is 5.32 Å². The molecule has 1 saturated heterocycles. The van der Waals surface area contributed by atoms with Gasteiger partial charge in [0, 0.05) is 24.1 Å². The molecular formula is C16H17ClN2O5S. The molecule has 0 unspecified atom stereocenters. The normalized spacial score (nSPS) is 20.1. The summed E-state index contributed by atoms with van der Waals surface area (Å²) in [6.45, 7) is 1.40. The Morgan fingerprint density at radius 2 is 1.96 bits per heavy atom. The van der Waals surface area contributed by atoms with Crippen molar-refractivity contribution in [2.75, 3.05) is 5.75 Å². The van der Waals surface area contributed by atoms with E-state index in [0.29, 0.717) is 10.6 Å². The Morgan fingerprint density at radius 1 is 1.32 bits per heavy atom. The number of rotatable bonds is 5. The third-order valence-electron chi connectivity index (χ3n) is 3.67. The second-order valence-corrected chi connectivity index (χ2v) is 7.18. The van der Waals surface area contributed by atoms with E-state index in [1.807, 2.05) is 0 Å². The Morgan fingerprint density at radius 3 is 2.52 bits per heavy atom. The van der Waals surface area contributed by atoms with Gasteiger partial charge >= 0.3 is 5.97 Å². The zero-order chi connectivity index (χ0) is 18.6. The van der Waals surface area contributed by atoms with Gasteiger partial charge in [0.05, 0.1) is 6.42 Å². The zero-order valence-corrected chi connectivity index (χ0v) is 15.0. The number of carboxylic acids is 1. The van der Waals surface area contributed by atoms with Crippen LogP contribution in [0, 0.1) is 0 Å². The van der Waals surface area contributed by atoms with Gasteiger partial charge < -0.3 is 15.3 Å². The van der Waals surface area contributed by atoms with Gasteiger partial charge in [0.15, 0.2) is 5.12 Å². The fourth-order valence-corrected chi connectivity index (χ4v) is 3.25. The van der Waals surface area contributed by atoms with E-state index < -0.39 is 30.0 Å². The van der Waals surface area contributed by atoms with Crippen molar-refractivity contribution in [2.45, 2.75) is 32.0 Å². The standard InChI is InChI=1S/C16H17ClN2O5S/c1-9(20)25-7-6-14(22)19-12(16(23)24)8-13(21)18-15(19)10-2-4-11(17)5-3-10/h2-5,12,15H,6-8H2,1H3,(H,18,21)(H,23,24)/t12-,15-/m0/s1. The number of hydrogen-bond acceptors (Lipinski definition) is 5. The number of benzene rings is 1. The number of nitrogens with zero attached hydrogens (tertiary/aromatic N) is 1. The molecule has 0 aromatic heterocycles. The molecule has 1 heterocycles. The molecule has 1 aliphatic rings. The molecule has 1 aromatic rings. The van der Waals surface area contributed by atoms with Crippen molar-refractivity contribution in [3.05, 3.63) is 34.9 Å².